The van der Waals surface area contributed by atoms with Crippen LogP contribution in [0.3, 0.4) is 0 Å². The predicted molar refractivity (Wildman–Crippen MR) is 109 cm³/mol. The van der Waals surface area contributed by atoms with E-state index in [1.165, 1.54) is 11.3 Å². The Hall–Kier alpha value is -2.85. The van der Waals surface area contributed by atoms with E-state index in [0.717, 1.165) is 30.6 Å². The average molecular weight is 359 g/mol. The smallest absolute Gasteiger partial charge is 0.238 e. The van der Waals surface area contributed by atoms with Crippen molar-refractivity contribution < 1.29 is 4.79 Å². The summed E-state index contributed by atoms with van der Waals surface area (Å²) in [6, 6.07) is 22.8. The standard InChI is InChI=1S/C23H25N3O/c1-25-15-5-9-21(25)22-10-6-16-26(22)17-23(27)24-20-13-11-19(12-14-20)18-7-3-2-4-8-18/h2-5,7-9,11-15,22H,6,10,16-17H2,1H3,(H,24,27)/t22-/m1/s1. The summed E-state index contributed by atoms with van der Waals surface area (Å²) in [5.41, 5.74) is 4.46. The molecule has 1 saturated heterocycles. The first-order chi connectivity index (χ1) is 13.2. The third-order valence-corrected chi connectivity index (χ3v) is 5.31. The van der Waals surface area contributed by atoms with E-state index in [2.05, 4.69) is 52.3 Å². The minimum absolute atomic E-state index is 0.0450. The van der Waals surface area contributed by atoms with E-state index in [1.807, 2.05) is 42.5 Å². The Morgan fingerprint density at radius 1 is 1.00 bits per heavy atom. The normalized spacial score (nSPS) is 17.1. The zero-order chi connectivity index (χ0) is 18.6. The Morgan fingerprint density at radius 3 is 2.44 bits per heavy atom. The highest BCUT2D eigenvalue weighted by Gasteiger charge is 2.28. The van der Waals surface area contributed by atoms with Gasteiger partial charge in [-0.25, -0.2) is 0 Å². The van der Waals surface area contributed by atoms with E-state index in [4.69, 9.17) is 0 Å². The second-order valence-electron chi connectivity index (χ2n) is 7.16. The molecule has 1 aliphatic rings. The Morgan fingerprint density at radius 2 is 1.74 bits per heavy atom. The first-order valence-corrected chi connectivity index (χ1v) is 9.51. The lowest BCUT2D eigenvalue weighted by atomic mass is 10.1. The first-order valence-electron chi connectivity index (χ1n) is 9.51. The van der Waals surface area contributed by atoms with Crippen molar-refractivity contribution in [2.24, 2.45) is 7.05 Å². The predicted octanol–water partition coefficient (Wildman–Crippen LogP) is 4.47. The molecular weight excluding hydrogens is 334 g/mol. The summed E-state index contributed by atoms with van der Waals surface area (Å²) in [5.74, 6) is 0.0450. The Bertz CT molecular complexity index is 899. The van der Waals surface area contributed by atoms with Gasteiger partial charge >= 0.3 is 0 Å². The molecule has 0 spiro atoms. The van der Waals surface area contributed by atoms with Gasteiger partial charge in [0, 0.05) is 24.6 Å². The van der Waals surface area contributed by atoms with Crippen LogP contribution in [0.15, 0.2) is 72.9 Å². The van der Waals surface area contributed by atoms with Gasteiger partial charge in [-0.15, -0.1) is 0 Å². The number of benzene rings is 2. The number of anilines is 1. The summed E-state index contributed by atoms with van der Waals surface area (Å²) < 4.78 is 2.16. The second-order valence-corrected chi connectivity index (χ2v) is 7.16. The van der Waals surface area contributed by atoms with Crippen LogP contribution in [-0.2, 0) is 11.8 Å². The molecule has 4 nitrogen and oxygen atoms in total. The lowest BCUT2D eigenvalue weighted by Crippen LogP contribution is -2.33. The number of carbonyl (C=O) groups excluding carboxylic acids is 1. The third-order valence-electron chi connectivity index (χ3n) is 5.31. The number of hydrogen-bond donors (Lipinski definition) is 1. The van der Waals surface area contributed by atoms with Gasteiger partial charge in [-0.3, -0.25) is 9.69 Å². The SMILES string of the molecule is Cn1cccc1[C@H]1CCCN1CC(=O)Nc1ccc(-c2ccccc2)cc1. The quantitative estimate of drug-likeness (QED) is 0.730. The van der Waals surface area contributed by atoms with Gasteiger partial charge in [0.05, 0.1) is 12.6 Å². The van der Waals surface area contributed by atoms with E-state index < -0.39 is 0 Å². The summed E-state index contributed by atoms with van der Waals surface area (Å²) >= 11 is 0. The molecule has 0 radical (unpaired) electrons. The maximum atomic E-state index is 12.6. The molecule has 1 aromatic heterocycles. The van der Waals surface area contributed by atoms with Gasteiger partial charge < -0.3 is 9.88 Å². The van der Waals surface area contributed by atoms with Gasteiger partial charge in [0.15, 0.2) is 0 Å². The van der Waals surface area contributed by atoms with Crippen molar-refractivity contribution in [3.63, 3.8) is 0 Å². The van der Waals surface area contributed by atoms with E-state index in [-0.39, 0.29) is 5.91 Å². The second kappa shape index (κ2) is 7.80. The molecule has 3 aromatic rings. The maximum absolute atomic E-state index is 12.6. The number of likely N-dealkylation sites (tertiary alicyclic amines) is 1. The Kier molecular flexibility index (Phi) is 5.07. The first kappa shape index (κ1) is 17.6. The van der Waals surface area contributed by atoms with Crippen molar-refractivity contribution in [1.29, 1.82) is 0 Å². The van der Waals surface area contributed by atoms with Crippen LogP contribution in [0.25, 0.3) is 11.1 Å². The number of amides is 1. The number of carbonyl (C=O) groups is 1. The summed E-state index contributed by atoms with van der Waals surface area (Å²) in [6.45, 7) is 1.40. The van der Waals surface area contributed by atoms with Gasteiger partial charge in [-0.05, 0) is 54.8 Å². The van der Waals surface area contributed by atoms with Crippen molar-refractivity contribution in [2.45, 2.75) is 18.9 Å². The van der Waals surface area contributed by atoms with Crippen LogP contribution in [-0.4, -0.2) is 28.5 Å². The summed E-state index contributed by atoms with van der Waals surface area (Å²) in [4.78, 5) is 14.8. The Labute approximate surface area is 160 Å². The molecule has 0 aliphatic carbocycles. The number of nitrogens with zero attached hydrogens (tertiary/aromatic N) is 2. The average Bonchev–Trinajstić information content (AvgIpc) is 3.31. The molecule has 0 saturated carbocycles. The zero-order valence-corrected chi connectivity index (χ0v) is 15.6. The highest BCUT2D eigenvalue weighted by Crippen LogP contribution is 2.31. The lowest BCUT2D eigenvalue weighted by molar-refractivity contribution is -0.117. The zero-order valence-electron chi connectivity index (χ0n) is 15.6. The van der Waals surface area contributed by atoms with Gasteiger partial charge in [-0.1, -0.05) is 42.5 Å². The fraction of sp³-hybridized carbons (Fsp3) is 0.261. The molecule has 2 heterocycles. The molecule has 1 amide bonds. The molecule has 1 N–H and O–H groups in total. The van der Waals surface area contributed by atoms with Gasteiger partial charge in [-0.2, -0.15) is 0 Å². The van der Waals surface area contributed by atoms with Crippen LogP contribution in [0.4, 0.5) is 5.69 Å². The molecule has 0 bridgehead atoms. The molecule has 4 rings (SSSR count). The molecule has 1 aliphatic heterocycles. The van der Waals surface area contributed by atoms with Gasteiger partial charge in [0.2, 0.25) is 5.91 Å². The minimum Gasteiger partial charge on any atom is -0.353 e. The number of nitrogens with one attached hydrogen (secondary N) is 1. The van der Waals surface area contributed by atoms with Crippen molar-refractivity contribution in [3.05, 3.63) is 78.6 Å². The van der Waals surface area contributed by atoms with E-state index in [9.17, 15) is 4.79 Å². The van der Waals surface area contributed by atoms with Crippen molar-refractivity contribution >= 4 is 11.6 Å². The van der Waals surface area contributed by atoms with Crippen LogP contribution >= 0.6 is 0 Å². The Balaban J connectivity index is 1.38. The summed E-state index contributed by atoms with van der Waals surface area (Å²) in [7, 11) is 2.07. The number of rotatable bonds is 5. The molecule has 138 valence electrons. The molecule has 0 unspecified atom stereocenters. The van der Waals surface area contributed by atoms with Gasteiger partial charge in [0.1, 0.15) is 0 Å². The molecule has 1 atom stereocenters. The molecular formula is C23H25N3O. The fourth-order valence-corrected chi connectivity index (χ4v) is 3.93. The van der Waals surface area contributed by atoms with E-state index in [0.29, 0.717) is 12.6 Å². The maximum Gasteiger partial charge on any atom is 0.238 e. The van der Waals surface area contributed by atoms with Crippen LogP contribution in [0, 0.1) is 0 Å². The van der Waals surface area contributed by atoms with Crippen LogP contribution in [0.1, 0.15) is 24.6 Å². The minimum atomic E-state index is 0.0450. The van der Waals surface area contributed by atoms with Crippen LogP contribution in [0.5, 0.6) is 0 Å². The lowest BCUT2D eigenvalue weighted by Gasteiger charge is -2.24. The number of hydrogen-bond acceptors (Lipinski definition) is 2. The van der Waals surface area contributed by atoms with Gasteiger partial charge in [0.25, 0.3) is 0 Å². The number of aromatic nitrogens is 1. The highest BCUT2D eigenvalue weighted by atomic mass is 16.2. The van der Waals surface area contributed by atoms with Crippen molar-refractivity contribution in [2.75, 3.05) is 18.4 Å². The molecule has 1 fully saturated rings. The topological polar surface area (TPSA) is 37.3 Å². The fourth-order valence-electron chi connectivity index (χ4n) is 3.93. The van der Waals surface area contributed by atoms with Crippen LogP contribution < -0.4 is 5.32 Å². The molecule has 2 aromatic carbocycles. The summed E-state index contributed by atoms with van der Waals surface area (Å²) in [5, 5.41) is 3.04. The number of aryl methyl sites for hydroxylation is 1. The largest absolute Gasteiger partial charge is 0.353 e. The van der Waals surface area contributed by atoms with Crippen molar-refractivity contribution in [3.8, 4) is 11.1 Å². The summed E-state index contributed by atoms with van der Waals surface area (Å²) in [6.07, 6.45) is 4.31. The highest BCUT2D eigenvalue weighted by molar-refractivity contribution is 5.92. The monoisotopic (exact) mass is 359 g/mol. The van der Waals surface area contributed by atoms with E-state index >= 15 is 0 Å². The molecule has 27 heavy (non-hydrogen) atoms. The van der Waals surface area contributed by atoms with Crippen molar-refractivity contribution in [1.82, 2.24) is 9.47 Å². The van der Waals surface area contributed by atoms with Crippen LogP contribution in [0.2, 0.25) is 0 Å². The van der Waals surface area contributed by atoms with E-state index in [1.54, 1.807) is 0 Å². The third kappa shape index (κ3) is 3.96. The molecule has 4 heteroatoms.